The number of rotatable bonds is 5. The lowest BCUT2D eigenvalue weighted by atomic mass is 10.2. The first-order chi connectivity index (χ1) is 9.96. The number of halogens is 5. The van der Waals surface area contributed by atoms with Crippen LogP contribution in [0.5, 0.6) is 0 Å². The summed E-state index contributed by atoms with van der Waals surface area (Å²) in [6.45, 7) is -1.21. The molecule has 0 atom stereocenters. The summed E-state index contributed by atoms with van der Waals surface area (Å²) in [5, 5.41) is 3.24. The molecule has 0 saturated carbocycles. The first-order valence-electron chi connectivity index (χ1n) is 5.37. The van der Waals surface area contributed by atoms with Gasteiger partial charge in [-0.05, 0) is 12.1 Å². The van der Waals surface area contributed by atoms with Gasteiger partial charge < -0.3 is 0 Å². The molecule has 0 fully saturated rings. The van der Waals surface area contributed by atoms with Gasteiger partial charge in [-0.25, -0.2) is 27.1 Å². The standard InChI is InChI=1S/C10H9F5N2O4S/c1-17(4-7(18)16-19)22(20,21)10(14,15)5-2-3-6(11)9(13)8(5)12/h2-3,19H,4H2,1H3,(H,16,18). The van der Waals surface area contributed by atoms with Crippen molar-refractivity contribution in [3.8, 4) is 0 Å². The van der Waals surface area contributed by atoms with Gasteiger partial charge in [0.05, 0.1) is 12.1 Å². The van der Waals surface area contributed by atoms with Gasteiger partial charge >= 0.3 is 5.25 Å². The highest BCUT2D eigenvalue weighted by molar-refractivity contribution is 7.89. The number of hydroxylamine groups is 1. The van der Waals surface area contributed by atoms with Crippen LogP contribution >= 0.6 is 0 Å². The van der Waals surface area contributed by atoms with Gasteiger partial charge in [-0.2, -0.15) is 13.1 Å². The van der Waals surface area contributed by atoms with Crippen LogP contribution in [0.25, 0.3) is 0 Å². The van der Waals surface area contributed by atoms with E-state index in [0.717, 1.165) is 5.48 Å². The van der Waals surface area contributed by atoms with E-state index in [-0.39, 0.29) is 16.4 Å². The zero-order valence-corrected chi connectivity index (χ0v) is 11.6. The Morgan fingerprint density at radius 3 is 2.32 bits per heavy atom. The molecule has 22 heavy (non-hydrogen) atoms. The lowest BCUT2D eigenvalue weighted by molar-refractivity contribution is -0.129. The maximum Gasteiger partial charge on any atom is 0.387 e. The van der Waals surface area contributed by atoms with Crippen molar-refractivity contribution in [3.63, 3.8) is 0 Å². The summed E-state index contributed by atoms with van der Waals surface area (Å²) < 4.78 is 90.2. The van der Waals surface area contributed by atoms with Crippen molar-refractivity contribution in [1.82, 2.24) is 9.79 Å². The maximum atomic E-state index is 14.0. The minimum Gasteiger partial charge on any atom is -0.289 e. The van der Waals surface area contributed by atoms with Crippen LogP contribution in [0.2, 0.25) is 0 Å². The van der Waals surface area contributed by atoms with E-state index in [2.05, 4.69) is 0 Å². The molecule has 0 radical (unpaired) electrons. The van der Waals surface area contributed by atoms with Gasteiger partial charge in [0, 0.05) is 7.05 Å². The van der Waals surface area contributed by atoms with Gasteiger partial charge in [0.15, 0.2) is 17.5 Å². The minimum atomic E-state index is -5.65. The number of sulfonamides is 1. The normalized spacial score (nSPS) is 12.5. The Bertz CT molecular complexity index is 695. The Hall–Kier alpha value is -1.79. The molecule has 0 unspecified atom stereocenters. The number of carbonyl (C=O) groups excluding carboxylic acids is 1. The highest BCUT2D eigenvalue weighted by Gasteiger charge is 2.52. The van der Waals surface area contributed by atoms with Gasteiger partial charge in [0.1, 0.15) is 0 Å². The van der Waals surface area contributed by atoms with Gasteiger partial charge in [0.2, 0.25) is 0 Å². The quantitative estimate of drug-likeness (QED) is 0.359. The van der Waals surface area contributed by atoms with E-state index in [4.69, 9.17) is 5.21 Å². The van der Waals surface area contributed by atoms with Crippen molar-refractivity contribution >= 4 is 15.9 Å². The highest BCUT2D eigenvalue weighted by atomic mass is 32.2. The zero-order valence-electron chi connectivity index (χ0n) is 10.8. The molecule has 1 aromatic carbocycles. The van der Waals surface area contributed by atoms with Gasteiger partial charge in [-0.15, -0.1) is 0 Å². The largest absolute Gasteiger partial charge is 0.387 e. The van der Waals surface area contributed by atoms with E-state index in [1.807, 2.05) is 0 Å². The molecule has 0 aliphatic rings. The summed E-state index contributed by atoms with van der Waals surface area (Å²) in [6, 6.07) is 0.211. The number of benzene rings is 1. The molecular formula is C10H9F5N2O4S. The number of likely N-dealkylation sites (N-methyl/N-ethyl adjacent to an activating group) is 1. The molecule has 6 nitrogen and oxygen atoms in total. The molecule has 1 aromatic rings. The summed E-state index contributed by atoms with van der Waals surface area (Å²) in [5.74, 6) is -7.74. The second-order valence-corrected chi connectivity index (χ2v) is 6.12. The molecule has 1 amide bonds. The molecule has 0 aliphatic carbocycles. The van der Waals surface area contributed by atoms with Crippen LogP contribution in [-0.4, -0.2) is 37.4 Å². The van der Waals surface area contributed by atoms with Crippen molar-refractivity contribution in [2.24, 2.45) is 0 Å². The monoisotopic (exact) mass is 348 g/mol. The summed E-state index contributed by atoms with van der Waals surface area (Å²) in [4.78, 5) is 10.8. The Labute approximate surface area is 121 Å². The predicted molar refractivity (Wildman–Crippen MR) is 61.7 cm³/mol. The molecule has 2 N–H and O–H groups in total. The van der Waals surface area contributed by atoms with E-state index in [1.165, 1.54) is 0 Å². The Morgan fingerprint density at radius 2 is 1.82 bits per heavy atom. The highest BCUT2D eigenvalue weighted by Crippen LogP contribution is 2.38. The van der Waals surface area contributed by atoms with Crippen LogP contribution in [0.3, 0.4) is 0 Å². The van der Waals surface area contributed by atoms with Crippen molar-refractivity contribution in [2.75, 3.05) is 13.6 Å². The van der Waals surface area contributed by atoms with Crippen LogP contribution in [0.15, 0.2) is 12.1 Å². The summed E-state index contributed by atoms with van der Waals surface area (Å²) in [6.07, 6.45) is 0. The predicted octanol–water partition coefficient (Wildman–Crippen LogP) is 0.920. The average Bonchev–Trinajstić information content (AvgIpc) is 2.43. The van der Waals surface area contributed by atoms with Crippen molar-refractivity contribution < 1.29 is 40.4 Å². The number of amides is 1. The molecule has 0 spiro atoms. The van der Waals surface area contributed by atoms with E-state index in [1.54, 1.807) is 0 Å². The molecule has 0 aromatic heterocycles. The Balaban J connectivity index is 3.34. The summed E-state index contributed by atoms with van der Waals surface area (Å²) in [7, 11) is -5.10. The lowest BCUT2D eigenvalue weighted by Crippen LogP contribution is -2.44. The molecule has 0 saturated heterocycles. The number of alkyl halides is 2. The first-order valence-corrected chi connectivity index (χ1v) is 6.81. The van der Waals surface area contributed by atoms with Crippen LogP contribution in [0.1, 0.15) is 5.56 Å². The van der Waals surface area contributed by atoms with E-state index in [9.17, 15) is 35.2 Å². The number of nitrogens with one attached hydrogen (secondary N) is 1. The van der Waals surface area contributed by atoms with Crippen molar-refractivity contribution in [1.29, 1.82) is 0 Å². The number of carbonyl (C=O) groups is 1. The molecule has 12 heteroatoms. The van der Waals surface area contributed by atoms with E-state index < -0.39 is 50.7 Å². The van der Waals surface area contributed by atoms with Gasteiger partial charge in [-0.1, -0.05) is 0 Å². The zero-order chi connectivity index (χ0) is 17.3. The smallest absolute Gasteiger partial charge is 0.289 e. The Kier molecular flexibility index (Phi) is 5.10. The van der Waals surface area contributed by atoms with E-state index >= 15 is 0 Å². The lowest BCUT2D eigenvalue weighted by Gasteiger charge is -2.24. The third-order valence-corrected chi connectivity index (χ3v) is 4.39. The van der Waals surface area contributed by atoms with Crippen molar-refractivity contribution in [2.45, 2.75) is 5.25 Å². The third kappa shape index (κ3) is 3.03. The van der Waals surface area contributed by atoms with Gasteiger partial charge in [-0.3, -0.25) is 10.0 Å². The molecular weight excluding hydrogens is 339 g/mol. The molecule has 0 heterocycles. The van der Waals surface area contributed by atoms with Crippen LogP contribution in [0, 0.1) is 17.5 Å². The molecule has 0 aliphatic heterocycles. The average molecular weight is 348 g/mol. The first kappa shape index (κ1) is 18.3. The minimum absolute atomic E-state index is 0.0747. The summed E-state index contributed by atoms with van der Waals surface area (Å²) >= 11 is 0. The Morgan fingerprint density at radius 1 is 1.27 bits per heavy atom. The molecule has 0 bridgehead atoms. The number of hydrogen-bond donors (Lipinski definition) is 2. The fourth-order valence-electron chi connectivity index (χ4n) is 1.41. The maximum absolute atomic E-state index is 14.0. The third-order valence-electron chi connectivity index (χ3n) is 2.57. The second kappa shape index (κ2) is 6.14. The van der Waals surface area contributed by atoms with Gasteiger partial charge in [0.25, 0.3) is 15.9 Å². The van der Waals surface area contributed by atoms with E-state index in [0.29, 0.717) is 7.05 Å². The van der Waals surface area contributed by atoms with Crippen molar-refractivity contribution in [3.05, 3.63) is 35.1 Å². The fourth-order valence-corrected chi connectivity index (χ4v) is 2.52. The van der Waals surface area contributed by atoms with Crippen LogP contribution in [-0.2, 0) is 20.1 Å². The van der Waals surface area contributed by atoms with Crippen LogP contribution < -0.4 is 5.48 Å². The second-order valence-electron chi connectivity index (χ2n) is 4.04. The number of hydrogen-bond acceptors (Lipinski definition) is 4. The summed E-state index contributed by atoms with van der Waals surface area (Å²) in [5.41, 5.74) is -0.901. The SMILES string of the molecule is CN(CC(=O)NO)S(=O)(=O)C(F)(F)c1ccc(F)c(F)c1F. The topological polar surface area (TPSA) is 86.7 Å². The fraction of sp³-hybridized carbons (Fsp3) is 0.300. The number of nitrogens with zero attached hydrogens (tertiary/aromatic N) is 1. The molecule has 1 rings (SSSR count). The van der Waals surface area contributed by atoms with Crippen LogP contribution in [0.4, 0.5) is 22.0 Å². The molecule has 124 valence electrons.